The molecule has 0 spiro atoms. The van der Waals surface area contributed by atoms with Crippen LogP contribution >= 0.6 is 18.9 Å². The van der Waals surface area contributed by atoms with E-state index in [0.29, 0.717) is 17.0 Å². The van der Waals surface area contributed by atoms with E-state index in [-0.39, 0.29) is 19.2 Å². The van der Waals surface area contributed by atoms with E-state index in [0.717, 1.165) is 10.1 Å². The van der Waals surface area contributed by atoms with Crippen LogP contribution in [0.2, 0.25) is 0 Å². The normalized spacial score (nSPS) is 12.7. The number of hydrogen-bond acceptors (Lipinski definition) is 7. The standard InChI is InChI=1S/C17H20NO5PS/c1-4-21-17(19)16-10-13-9-12(7-8-15(13)25-16)14(11-18)24(20,22-5-2)23-6-3/h7-10,14H,4-6H2,1-3H3. The highest BCUT2D eigenvalue weighted by Crippen LogP contribution is 2.60. The molecule has 0 radical (unpaired) electrons. The van der Waals surface area contributed by atoms with E-state index in [1.54, 1.807) is 45.0 Å². The maximum atomic E-state index is 12.9. The summed E-state index contributed by atoms with van der Waals surface area (Å²) in [6.45, 7) is 5.83. The number of thiophene rings is 1. The Morgan fingerprint density at radius 2 is 1.88 bits per heavy atom. The van der Waals surface area contributed by atoms with Crippen LogP contribution < -0.4 is 0 Å². The van der Waals surface area contributed by atoms with Gasteiger partial charge in [-0.1, -0.05) is 6.07 Å². The van der Waals surface area contributed by atoms with Crippen molar-refractivity contribution in [2.45, 2.75) is 26.4 Å². The van der Waals surface area contributed by atoms with Crippen molar-refractivity contribution in [3.8, 4) is 6.07 Å². The molecular formula is C17H20NO5PS. The summed E-state index contributed by atoms with van der Waals surface area (Å²) in [5, 5.41) is 10.3. The zero-order valence-corrected chi connectivity index (χ0v) is 16.1. The highest BCUT2D eigenvalue weighted by molar-refractivity contribution is 7.54. The minimum atomic E-state index is -3.60. The quantitative estimate of drug-likeness (QED) is 0.477. The zero-order chi connectivity index (χ0) is 18.4. The van der Waals surface area contributed by atoms with Crippen LogP contribution in [0.5, 0.6) is 0 Å². The van der Waals surface area contributed by atoms with Gasteiger partial charge >= 0.3 is 13.6 Å². The van der Waals surface area contributed by atoms with Crippen molar-refractivity contribution in [2.24, 2.45) is 0 Å². The van der Waals surface area contributed by atoms with Crippen LogP contribution in [0, 0.1) is 11.3 Å². The van der Waals surface area contributed by atoms with Gasteiger partial charge in [-0.2, -0.15) is 5.26 Å². The van der Waals surface area contributed by atoms with E-state index < -0.39 is 13.3 Å². The third-order valence-corrected chi connectivity index (χ3v) is 6.77. The molecule has 1 aromatic carbocycles. The molecule has 8 heteroatoms. The lowest BCUT2D eigenvalue weighted by Crippen LogP contribution is -2.05. The number of ether oxygens (including phenoxy) is 1. The number of nitriles is 1. The summed E-state index contributed by atoms with van der Waals surface area (Å²) in [4.78, 5) is 12.4. The number of benzene rings is 1. The zero-order valence-electron chi connectivity index (χ0n) is 14.4. The Bertz CT molecular complexity index is 831. The summed E-state index contributed by atoms with van der Waals surface area (Å²) in [5.74, 6) is -0.378. The Morgan fingerprint density at radius 1 is 1.20 bits per heavy atom. The predicted octanol–water partition coefficient (Wildman–Crippen LogP) is 4.91. The van der Waals surface area contributed by atoms with Gasteiger partial charge in [-0.15, -0.1) is 11.3 Å². The molecule has 0 fully saturated rings. The van der Waals surface area contributed by atoms with Gasteiger partial charge in [0.05, 0.1) is 25.9 Å². The molecule has 0 saturated heterocycles. The van der Waals surface area contributed by atoms with E-state index in [2.05, 4.69) is 0 Å². The number of nitrogens with zero attached hydrogens (tertiary/aromatic N) is 1. The lowest BCUT2D eigenvalue weighted by molar-refractivity contribution is 0.0532. The van der Waals surface area contributed by atoms with Crippen molar-refractivity contribution in [1.29, 1.82) is 5.26 Å². The lowest BCUT2D eigenvalue weighted by Gasteiger charge is -2.21. The number of fused-ring (bicyclic) bond motifs is 1. The molecule has 1 heterocycles. The minimum Gasteiger partial charge on any atom is -0.462 e. The second-order valence-corrected chi connectivity index (χ2v) is 8.23. The van der Waals surface area contributed by atoms with Gasteiger partial charge in [0.2, 0.25) is 0 Å². The van der Waals surface area contributed by atoms with E-state index in [1.165, 1.54) is 11.3 Å². The van der Waals surface area contributed by atoms with Gasteiger partial charge in [-0.05, 0) is 49.9 Å². The van der Waals surface area contributed by atoms with Gasteiger partial charge in [0, 0.05) is 4.70 Å². The Labute approximate surface area is 150 Å². The van der Waals surface area contributed by atoms with Crippen LogP contribution in [0.1, 0.15) is 41.7 Å². The first-order chi connectivity index (χ1) is 12.0. The van der Waals surface area contributed by atoms with Crippen LogP contribution in [0.15, 0.2) is 24.3 Å². The Balaban J connectivity index is 2.43. The monoisotopic (exact) mass is 381 g/mol. The van der Waals surface area contributed by atoms with Gasteiger partial charge < -0.3 is 13.8 Å². The summed E-state index contributed by atoms with van der Waals surface area (Å²) in [5.41, 5.74) is -0.490. The largest absolute Gasteiger partial charge is 0.462 e. The van der Waals surface area contributed by atoms with Gasteiger partial charge in [0.15, 0.2) is 5.66 Å². The van der Waals surface area contributed by atoms with Crippen LogP contribution in [0.3, 0.4) is 0 Å². The first-order valence-corrected chi connectivity index (χ1v) is 10.4. The van der Waals surface area contributed by atoms with Crippen molar-refractivity contribution in [1.82, 2.24) is 0 Å². The minimum absolute atomic E-state index is 0.184. The maximum Gasteiger partial charge on any atom is 0.352 e. The van der Waals surface area contributed by atoms with Crippen LogP contribution in [-0.2, 0) is 18.3 Å². The fourth-order valence-electron chi connectivity index (χ4n) is 2.41. The second-order valence-electron chi connectivity index (χ2n) is 5.04. The van der Waals surface area contributed by atoms with Crippen molar-refractivity contribution >= 4 is 35.0 Å². The summed E-state index contributed by atoms with van der Waals surface area (Å²) in [6, 6.07) is 9.01. The van der Waals surface area contributed by atoms with Gasteiger partial charge in [-0.3, -0.25) is 4.57 Å². The van der Waals surface area contributed by atoms with Crippen molar-refractivity contribution in [3.63, 3.8) is 0 Å². The van der Waals surface area contributed by atoms with Gasteiger partial charge in [0.25, 0.3) is 0 Å². The maximum absolute atomic E-state index is 12.9. The first-order valence-electron chi connectivity index (χ1n) is 7.98. The molecule has 2 rings (SSSR count). The third-order valence-electron chi connectivity index (χ3n) is 3.39. The Kier molecular flexibility index (Phi) is 6.74. The Morgan fingerprint density at radius 3 is 2.44 bits per heavy atom. The smallest absolute Gasteiger partial charge is 0.352 e. The number of carbonyl (C=O) groups excluding carboxylic acids is 1. The molecule has 0 aliphatic carbocycles. The predicted molar refractivity (Wildman–Crippen MR) is 97.0 cm³/mol. The fraction of sp³-hybridized carbons (Fsp3) is 0.412. The molecule has 0 aliphatic heterocycles. The van der Waals surface area contributed by atoms with E-state index in [1.807, 2.05) is 6.07 Å². The second kappa shape index (κ2) is 8.59. The molecule has 1 unspecified atom stereocenters. The van der Waals surface area contributed by atoms with Gasteiger partial charge in [0.1, 0.15) is 4.88 Å². The Hall–Kier alpha value is -1.71. The molecule has 0 bridgehead atoms. The molecule has 134 valence electrons. The topological polar surface area (TPSA) is 85.6 Å². The number of carbonyl (C=O) groups is 1. The SMILES string of the molecule is CCOC(=O)c1cc2cc(C(C#N)P(=O)(OCC)OCC)ccc2s1. The number of hydrogen-bond donors (Lipinski definition) is 0. The van der Waals surface area contributed by atoms with Crippen molar-refractivity contribution in [3.05, 3.63) is 34.7 Å². The highest BCUT2D eigenvalue weighted by atomic mass is 32.1. The first kappa shape index (κ1) is 19.6. The molecule has 1 atom stereocenters. The number of esters is 1. The summed E-state index contributed by atoms with van der Waals surface area (Å²) >= 11 is 1.31. The van der Waals surface area contributed by atoms with E-state index >= 15 is 0 Å². The van der Waals surface area contributed by atoms with Gasteiger partial charge in [-0.25, -0.2) is 4.79 Å². The lowest BCUT2D eigenvalue weighted by atomic mass is 10.1. The summed E-state index contributed by atoms with van der Waals surface area (Å²) in [7, 11) is -3.60. The average Bonchev–Trinajstić information content (AvgIpc) is 2.99. The highest BCUT2D eigenvalue weighted by Gasteiger charge is 2.37. The summed E-state index contributed by atoms with van der Waals surface area (Å²) < 4.78 is 29.4. The molecule has 0 N–H and O–H groups in total. The average molecular weight is 381 g/mol. The van der Waals surface area contributed by atoms with Crippen LogP contribution in [0.25, 0.3) is 10.1 Å². The van der Waals surface area contributed by atoms with Crippen molar-refractivity contribution < 1.29 is 23.1 Å². The fourth-order valence-corrected chi connectivity index (χ4v) is 5.11. The molecule has 6 nitrogen and oxygen atoms in total. The molecule has 0 aliphatic rings. The number of rotatable bonds is 8. The third kappa shape index (κ3) is 4.28. The molecular weight excluding hydrogens is 361 g/mol. The summed E-state index contributed by atoms with van der Waals surface area (Å²) in [6.07, 6.45) is 0. The molecule has 25 heavy (non-hydrogen) atoms. The molecule has 0 amide bonds. The van der Waals surface area contributed by atoms with Crippen LogP contribution in [-0.4, -0.2) is 25.8 Å². The molecule has 0 saturated carbocycles. The molecule has 1 aromatic heterocycles. The molecule has 2 aromatic rings. The van der Waals surface area contributed by atoms with Crippen molar-refractivity contribution in [2.75, 3.05) is 19.8 Å². The van der Waals surface area contributed by atoms with E-state index in [9.17, 15) is 14.6 Å². The van der Waals surface area contributed by atoms with E-state index in [4.69, 9.17) is 13.8 Å². The van der Waals surface area contributed by atoms with Crippen LogP contribution in [0.4, 0.5) is 0 Å².